The van der Waals surface area contributed by atoms with Gasteiger partial charge in [-0.25, -0.2) is 0 Å². The Morgan fingerprint density at radius 1 is 1.36 bits per heavy atom. The molecule has 1 aromatic carbocycles. The summed E-state index contributed by atoms with van der Waals surface area (Å²) in [5.74, 6) is -0.0113. The summed E-state index contributed by atoms with van der Waals surface area (Å²) in [5.41, 5.74) is 2.85. The van der Waals surface area contributed by atoms with Crippen molar-refractivity contribution in [2.24, 2.45) is 17.3 Å². The molecular formula is C21H26Cl2O2. The molecule has 2 atom stereocenters. The van der Waals surface area contributed by atoms with Gasteiger partial charge in [0.25, 0.3) is 0 Å². The third-order valence-electron chi connectivity index (χ3n) is 5.31. The van der Waals surface area contributed by atoms with Gasteiger partial charge in [0.15, 0.2) is 0 Å². The van der Waals surface area contributed by atoms with Crippen molar-refractivity contribution in [2.45, 2.75) is 47.5 Å². The van der Waals surface area contributed by atoms with Crippen molar-refractivity contribution in [3.8, 4) is 5.75 Å². The van der Waals surface area contributed by atoms with Crippen molar-refractivity contribution < 1.29 is 9.90 Å². The van der Waals surface area contributed by atoms with Crippen LogP contribution < -0.4 is 0 Å². The summed E-state index contributed by atoms with van der Waals surface area (Å²) in [6.07, 6.45) is 6.25. The van der Waals surface area contributed by atoms with Gasteiger partial charge in [0, 0.05) is 22.4 Å². The number of allylic oxidation sites excluding steroid dienone is 3. The highest BCUT2D eigenvalue weighted by Crippen LogP contribution is 2.48. The summed E-state index contributed by atoms with van der Waals surface area (Å²) < 4.78 is 0. The zero-order valence-electron chi connectivity index (χ0n) is 15.5. The Morgan fingerprint density at radius 3 is 2.56 bits per heavy atom. The van der Waals surface area contributed by atoms with Crippen molar-refractivity contribution in [1.82, 2.24) is 0 Å². The molecule has 0 bridgehead atoms. The van der Waals surface area contributed by atoms with Crippen LogP contribution >= 0.6 is 23.2 Å². The smallest absolute Gasteiger partial charge is 0.141 e. The number of phenolic OH excluding ortho intramolecular Hbond substituents is 1. The van der Waals surface area contributed by atoms with Crippen LogP contribution in [0.1, 0.15) is 53.0 Å². The van der Waals surface area contributed by atoms with Gasteiger partial charge in [0.1, 0.15) is 11.5 Å². The number of benzene rings is 1. The molecule has 0 amide bonds. The van der Waals surface area contributed by atoms with Crippen molar-refractivity contribution in [3.63, 3.8) is 0 Å². The van der Waals surface area contributed by atoms with Crippen molar-refractivity contribution in [2.75, 3.05) is 0 Å². The van der Waals surface area contributed by atoms with Gasteiger partial charge in [-0.15, -0.1) is 0 Å². The van der Waals surface area contributed by atoms with Crippen LogP contribution in [-0.2, 0) is 4.79 Å². The van der Waals surface area contributed by atoms with E-state index in [1.807, 2.05) is 13.0 Å². The molecule has 2 unspecified atom stereocenters. The minimum absolute atomic E-state index is 0.00503. The van der Waals surface area contributed by atoms with Crippen LogP contribution in [0.15, 0.2) is 29.4 Å². The van der Waals surface area contributed by atoms with Crippen molar-refractivity contribution >= 4 is 35.1 Å². The molecule has 2 nitrogen and oxygen atoms in total. The first kappa shape index (κ1) is 20.1. The third-order valence-corrected chi connectivity index (χ3v) is 5.82. The van der Waals surface area contributed by atoms with Crippen molar-refractivity contribution in [1.29, 1.82) is 0 Å². The maximum absolute atomic E-state index is 12.2. The molecule has 2 rings (SSSR count). The van der Waals surface area contributed by atoms with Crippen LogP contribution in [0.5, 0.6) is 5.75 Å². The van der Waals surface area contributed by atoms with E-state index in [9.17, 15) is 9.90 Å². The Balaban J connectivity index is 2.68. The number of halogens is 2. The van der Waals surface area contributed by atoms with Crippen molar-refractivity contribution in [3.05, 3.63) is 45.0 Å². The highest BCUT2D eigenvalue weighted by atomic mass is 35.5. The highest BCUT2D eigenvalue weighted by Gasteiger charge is 2.37. The third kappa shape index (κ3) is 4.30. The number of aromatic hydroxyl groups is 1. The summed E-state index contributed by atoms with van der Waals surface area (Å²) in [6, 6.07) is 3.20. The molecule has 0 saturated carbocycles. The Morgan fingerprint density at radius 2 is 2.00 bits per heavy atom. The number of carbonyl (C=O) groups is 1. The standard InChI is InChI=1S/C21H26Cl2O2/c1-12-7-6-8-21(4,5)19(12)17(13(2)14(3)24)10-15-9-16(22)11-18(23)20(15)25/h7,9-11,13,19,25H,6,8H2,1-5H3/b17-10+. The predicted molar refractivity (Wildman–Crippen MR) is 106 cm³/mol. The van der Waals surface area contributed by atoms with Gasteiger partial charge in [-0.2, -0.15) is 0 Å². The molecule has 136 valence electrons. The fourth-order valence-electron chi connectivity index (χ4n) is 3.83. The van der Waals surface area contributed by atoms with Crippen LogP contribution in [0.2, 0.25) is 10.0 Å². The molecule has 1 N–H and O–H groups in total. The van der Waals surface area contributed by atoms with E-state index < -0.39 is 0 Å². The molecule has 0 aromatic heterocycles. The number of hydrogen-bond donors (Lipinski definition) is 1. The fourth-order valence-corrected chi connectivity index (χ4v) is 4.34. The van der Waals surface area contributed by atoms with Crippen LogP contribution in [0.3, 0.4) is 0 Å². The Kier molecular flexibility index (Phi) is 6.06. The molecule has 1 aliphatic carbocycles. The van der Waals surface area contributed by atoms with Gasteiger partial charge in [0.05, 0.1) is 5.02 Å². The molecule has 25 heavy (non-hydrogen) atoms. The first-order valence-electron chi connectivity index (χ1n) is 8.61. The zero-order valence-corrected chi connectivity index (χ0v) is 17.0. The number of phenols is 1. The Hall–Kier alpha value is -1.25. The normalized spacial score (nSPS) is 21.6. The molecule has 0 heterocycles. The fraction of sp³-hybridized carbons (Fsp3) is 0.476. The average molecular weight is 381 g/mol. The molecular weight excluding hydrogens is 355 g/mol. The quantitative estimate of drug-likeness (QED) is 0.590. The SMILES string of the molecule is CC(=O)C(C)/C(=C\c1cc(Cl)cc(Cl)c1O)C1C(C)=CCCC1(C)C. The minimum Gasteiger partial charge on any atom is -0.506 e. The van der Waals surface area contributed by atoms with E-state index >= 15 is 0 Å². The average Bonchev–Trinajstić information content (AvgIpc) is 2.49. The maximum Gasteiger partial charge on any atom is 0.141 e. The van der Waals surface area contributed by atoms with Gasteiger partial charge in [-0.05, 0) is 44.2 Å². The molecule has 1 aromatic rings. The molecule has 0 spiro atoms. The van der Waals surface area contributed by atoms with E-state index in [0.29, 0.717) is 10.6 Å². The largest absolute Gasteiger partial charge is 0.506 e. The summed E-state index contributed by atoms with van der Waals surface area (Å²) in [5, 5.41) is 11.0. The van der Waals surface area contributed by atoms with E-state index in [-0.39, 0.29) is 33.8 Å². The lowest BCUT2D eigenvalue weighted by atomic mass is 9.63. The van der Waals surface area contributed by atoms with Crippen LogP contribution in [0.25, 0.3) is 6.08 Å². The lowest BCUT2D eigenvalue weighted by Gasteiger charge is -2.41. The lowest BCUT2D eigenvalue weighted by Crippen LogP contribution is -2.32. The monoisotopic (exact) mass is 380 g/mol. The maximum atomic E-state index is 12.2. The predicted octanol–water partition coefficient (Wildman–Crippen LogP) is 6.69. The van der Waals surface area contributed by atoms with E-state index in [1.54, 1.807) is 13.0 Å². The number of carbonyl (C=O) groups excluding carboxylic acids is 1. The number of rotatable bonds is 4. The van der Waals surface area contributed by atoms with Crippen LogP contribution in [0.4, 0.5) is 0 Å². The summed E-state index contributed by atoms with van der Waals surface area (Å²) in [6.45, 7) is 10.1. The minimum atomic E-state index is -0.247. The first-order chi connectivity index (χ1) is 11.5. The zero-order chi connectivity index (χ0) is 18.9. The van der Waals surface area contributed by atoms with Gasteiger partial charge >= 0.3 is 0 Å². The second kappa shape index (κ2) is 7.55. The Labute approximate surface area is 160 Å². The number of ketones is 1. The molecule has 0 fully saturated rings. The van der Waals surface area contributed by atoms with Gasteiger partial charge in [0.2, 0.25) is 0 Å². The molecule has 0 aliphatic heterocycles. The number of Topliss-reactive ketones (excluding diaryl/α,β-unsaturated/α-hetero) is 1. The summed E-state index contributed by atoms with van der Waals surface area (Å²) in [7, 11) is 0. The molecule has 4 heteroatoms. The summed E-state index contributed by atoms with van der Waals surface area (Å²) >= 11 is 12.2. The van der Waals surface area contributed by atoms with E-state index in [4.69, 9.17) is 23.2 Å². The van der Waals surface area contributed by atoms with E-state index in [0.717, 1.165) is 18.4 Å². The van der Waals surface area contributed by atoms with Gasteiger partial charge in [-0.1, -0.05) is 67.3 Å². The second-order valence-electron chi connectivity index (χ2n) is 7.71. The molecule has 0 saturated heterocycles. The summed E-state index contributed by atoms with van der Waals surface area (Å²) in [4.78, 5) is 12.2. The highest BCUT2D eigenvalue weighted by molar-refractivity contribution is 6.35. The van der Waals surface area contributed by atoms with Gasteiger partial charge in [-0.3, -0.25) is 4.79 Å². The van der Waals surface area contributed by atoms with E-state index in [2.05, 4.69) is 26.8 Å². The lowest BCUT2D eigenvalue weighted by molar-refractivity contribution is -0.119. The second-order valence-corrected chi connectivity index (χ2v) is 8.55. The van der Waals surface area contributed by atoms with Gasteiger partial charge < -0.3 is 5.11 Å². The van der Waals surface area contributed by atoms with Crippen LogP contribution in [-0.4, -0.2) is 10.9 Å². The molecule has 1 aliphatic rings. The van der Waals surface area contributed by atoms with Crippen LogP contribution in [0, 0.1) is 17.3 Å². The topological polar surface area (TPSA) is 37.3 Å². The van der Waals surface area contributed by atoms with E-state index in [1.165, 1.54) is 11.6 Å². The Bertz CT molecular complexity index is 745. The first-order valence-corrected chi connectivity index (χ1v) is 9.36. The molecule has 0 radical (unpaired) electrons. The number of hydrogen-bond acceptors (Lipinski definition) is 2.